The summed E-state index contributed by atoms with van der Waals surface area (Å²) in [5, 5.41) is 31.6. The second-order valence-corrected chi connectivity index (χ2v) is 6.87. The maximum atomic E-state index is 12.1. The Labute approximate surface area is 147 Å². The number of carboxylic acid groups (broad SMARTS) is 1. The number of amides is 1. The molecule has 0 aliphatic carbocycles. The van der Waals surface area contributed by atoms with Crippen LogP contribution in [0.2, 0.25) is 0 Å². The molecule has 0 radical (unpaired) electrons. The lowest BCUT2D eigenvalue weighted by Crippen LogP contribution is -2.54. The normalized spacial score (nSPS) is 16.4. The Morgan fingerprint density at radius 1 is 1.16 bits per heavy atom. The average molecular weight is 353 g/mol. The highest BCUT2D eigenvalue weighted by atomic mass is 16.6. The van der Waals surface area contributed by atoms with Crippen LogP contribution in [0, 0.1) is 0 Å². The van der Waals surface area contributed by atoms with Crippen LogP contribution in [0.3, 0.4) is 0 Å². The molecule has 4 atom stereocenters. The zero-order valence-electron chi connectivity index (χ0n) is 15.0. The van der Waals surface area contributed by atoms with Crippen molar-refractivity contribution in [2.75, 3.05) is 0 Å². The van der Waals surface area contributed by atoms with Crippen LogP contribution < -0.4 is 5.32 Å². The molecule has 1 rings (SSSR count). The third kappa shape index (κ3) is 6.36. The van der Waals surface area contributed by atoms with Gasteiger partial charge in [-0.05, 0) is 32.8 Å². The lowest BCUT2D eigenvalue weighted by atomic mass is 9.84. The molecule has 0 saturated carbocycles. The number of carboxylic acids is 1. The SMILES string of the molecule is CCC(c1ccccc1)[C@H](NC(=O)OC(C)(C)C)[C@H](O)[C@@H](O)C(=O)O. The number of alkyl carbamates (subject to hydrolysis) is 1. The van der Waals surface area contributed by atoms with Crippen LogP contribution in [0.1, 0.15) is 45.6 Å². The lowest BCUT2D eigenvalue weighted by molar-refractivity contribution is -0.154. The van der Waals surface area contributed by atoms with Gasteiger partial charge in [0.2, 0.25) is 0 Å². The predicted octanol–water partition coefficient (Wildman–Crippen LogP) is 1.88. The molecule has 0 saturated heterocycles. The molecule has 25 heavy (non-hydrogen) atoms. The number of aliphatic hydroxyl groups is 2. The highest BCUT2D eigenvalue weighted by Gasteiger charge is 2.38. The molecule has 7 nitrogen and oxygen atoms in total. The van der Waals surface area contributed by atoms with E-state index in [4.69, 9.17) is 9.84 Å². The third-order valence-electron chi connectivity index (χ3n) is 3.73. The smallest absolute Gasteiger partial charge is 0.407 e. The van der Waals surface area contributed by atoms with E-state index in [0.29, 0.717) is 6.42 Å². The Morgan fingerprint density at radius 2 is 1.72 bits per heavy atom. The summed E-state index contributed by atoms with van der Waals surface area (Å²) >= 11 is 0. The zero-order valence-corrected chi connectivity index (χ0v) is 15.0. The van der Waals surface area contributed by atoms with Crippen LogP contribution in [-0.2, 0) is 9.53 Å². The van der Waals surface area contributed by atoms with Crippen LogP contribution in [0.15, 0.2) is 30.3 Å². The van der Waals surface area contributed by atoms with Crippen molar-refractivity contribution in [2.24, 2.45) is 0 Å². The molecule has 0 heterocycles. The second-order valence-electron chi connectivity index (χ2n) is 6.87. The van der Waals surface area contributed by atoms with Crippen LogP contribution >= 0.6 is 0 Å². The van der Waals surface area contributed by atoms with Crippen molar-refractivity contribution in [1.29, 1.82) is 0 Å². The predicted molar refractivity (Wildman–Crippen MR) is 92.3 cm³/mol. The van der Waals surface area contributed by atoms with E-state index in [1.54, 1.807) is 20.8 Å². The van der Waals surface area contributed by atoms with E-state index in [2.05, 4.69) is 5.32 Å². The summed E-state index contributed by atoms with van der Waals surface area (Å²) in [5.74, 6) is -1.97. The number of hydrogen-bond donors (Lipinski definition) is 4. The second kappa shape index (κ2) is 8.82. The van der Waals surface area contributed by atoms with Gasteiger partial charge >= 0.3 is 12.1 Å². The van der Waals surface area contributed by atoms with Gasteiger partial charge in [0.05, 0.1) is 6.04 Å². The van der Waals surface area contributed by atoms with Crippen molar-refractivity contribution >= 4 is 12.1 Å². The van der Waals surface area contributed by atoms with Gasteiger partial charge < -0.3 is 25.4 Å². The fourth-order valence-electron chi connectivity index (χ4n) is 2.61. The largest absolute Gasteiger partial charge is 0.479 e. The minimum atomic E-state index is -2.03. The van der Waals surface area contributed by atoms with Crippen LogP contribution in [0.5, 0.6) is 0 Å². The Morgan fingerprint density at radius 3 is 2.16 bits per heavy atom. The first kappa shape index (κ1) is 20.9. The van der Waals surface area contributed by atoms with E-state index in [9.17, 15) is 19.8 Å². The molecule has 4 N–H and O–H groups in total. The minimum absolute atomic E-state index is 0.405. The minimum Gasteiger partial charge on any atom is -0.479 e. The van der Waals surface area contributed by atoms with Gasteiger partial charge in [-0.15, -0.1) is 0 Å². The van der Waals surface area contributed by atoms with Crippen LogP contribution in [-0.4, -0.2) is 51.2 Å². The lowest BCUT2D eigenvalue weighted by Gasteiger charge is -2.33. The third-order valence-corrected chi connectivity index (χ3v) is 3.73. The Bertz CT molecular complexity index is 569. The first-order valence-electron chi connectivity index (χ1n) is 8.20. The fourth-order valence-corrected chi connectivity index (χ4v) is 2.61. The van der Waals surface area contributed by atoms with Crippen molar-refractivity contribution in [1.82, 2.24) is 5.32 Å². The maximum absolute atomic E-state index is 12.1. The van der Waals surface area contributed by atoms with Crippen molar-refractivity contribution in [3.05, 3.63) is 35.9 Å². The van der Waals surface area contributed by atoms with E-state index in [1.165, 1.54) is 0 Å². The zero-order chi connectivity index (χ0) is 19.2. The van der Waals surface area contributed by atoms with Gasteiger partial charge in [0.15, 0.2) is 6.10 Å². The Hall–Kier alpha value is -2.12. The van der Waals surface area contributed by atoms with Gasteiger partial charge in [-0.2, -0.15) is 0 Å². The molecule has 7 heteroatoms. The van der Waals surface area contributed by atoms with Gasteiger partial charge in [-0.3, -0.25) is 0 Å². The molecular weight excluding hydrogens is 326 g/mol. The number of aliphatic carboxylic acids is 1. The number of aliphatic hydroxyl groups excluding tert-OH is 2. The number of ether oxygens (including phenoxy) is 1. The number of nitrogens with one attached hydrogen (secondary N) is 1. The molecule has 0 aliphatic heterocycles. The van der Waals surface area contributed by atoms with E-state index >= 15 is 0 Å². The molecule has 0 spiro atoms. The highest BCUT2D eigenvalue weighted by Crippen LogP contribution is 2.27. The monoisotopic (exact) mass is 353 g/mol. The van der Waals surface area contributed by atoms with E-state index in [1.807, 2.05) is 37.3 Å². The van der Waals surface area contributed by atoms with Gasteiger partial charge in [-0.25, -0.2) is 9.59 Å². The molecule has 1 unspecified atom stereocenters. The van der Waals surface area contributed by atoms with Gasteiger partial charge in [-0.1, -0.05) is 37.3 Å². The highest BCUT2D eigenvalue weighted by molar-refractivity contribution is 5.73. The van der Waals surface area contributed by atoms with Crippen molar-refractivity contribution < 1.29 is 29.6 Å². The van der Waals surface area contributed by atoms with E-state index < -0.39 is 41.8 Å². The summed E-state index contributed by atoms with van der Waals surface area (Å²) in [4.78, 5) is 23.2. The molecule has 140 valence electrons. The summed E-state index contributed by atoms with van der Waals surface area (Å²) in [6.07, 6.45) is -4.01. The average Bonchev–Trinajstić information content (AvgIpc) is 2.52. The standard InChI is InChI=1S/C18H27NO6/c1-5-12(11-9-7-6-8-10-11)13(14(20)15(21)16(22)23)19-17(24)25-18(2,3)4/h6-10,12-15,20-21H,5H2,1-4H3,(H,19,24)(H,22,23)/t12?,13-,14-,15+/m0/s1. The number of rotatable bonds is 7. The fraction of sp³-hybridized carbons (Fsp3) is 0.556. The first-order valence-corrected chi connectivity index (χ1v) is 8.20. The van der Waals surface area contributed by atoms with Crippen molar-refractivity contribution in [3.63, 3.8) is 0 Å². The summed E-state index contributed by atoms with van der Waals surface area (Å²) < 4.78 is 5.20. The summed E-state index contributed by atoms with van der Waals surface area (Å²) in [5.41, 5.74) is 0.0575. The molecule has 0 aromatic heterocycles. The summed E-state index contributed by atoms with van der Waals surface area (Å²) in [6, 6.07) is 8.05. The van der Waals surface area contributed by atoms with Gasteiger partial charge in [0, 0.05) is 5.92 Å². The van der Waals surface area contributed by atoms with Gasteiger partial charge in [0.1, 0.15) is 11.7 Å². The molecule has 0 aliphatic rings. The Kier molecular flexibility index (Phi) is 7.38. The van der Waals surface area contributed by atoms with E-state index in [0.717, 1.165) is 5.56 Å². The maximum Gasteiger partial charge on any atom is 0.407 e. The summed E-state index contributed by atoms with van der Waals surface area (Å²) in [6.45, 7) is 6.93. The molecule has 0 fully saturated rings. The molecule has 0 bridgehead atoms. The van der Waals surface area contributed by atoms with Crippen LogP contribution in [0.25, 0.3) is 0 Å². The topological polar surface area (TPSA) is 116 Å². The number of hydrogen-bond acceptors (Lipinski definition) is 5. The number of benzene rings is 1. The molecule has 1 amide bonds. The molecule has 1 aromatic rings. The number of carbonyl (C=O) groups excluding carboxylic acids is 1. The molecule has 1 aromatic carbocycles. The Balaban J connectivity index is 3.13. The van der Waals surface area contributed by atoms with Crippen molar-refractivity contribution in [2.45, 2.75) is 63.9 Å². The number of carbonyl (C=O) groups is 2. The quantitative estimate of drug-likeness (QED) is 0.595. The van der Waals surface area contributed by atoms with E-state index in [-0.39, 0.29) is 0 Å². The summed E-state index contributed by atoms with van der Waals surface area (Å²) in [7, 11) is 0. The van der Waals surface area contributed by atoms with Crippen molar-refractivity contribution in [3.8, 4) is 0 Å². The van der Waals surface area contributed by atoms with Gasteiger partial charge in [0.25, 0.3) is 0 Å². The first-order chi connectivity index (χ1) is 11.6. The van der Waals surface area contributed by atoms with Crippen LogP contribution in [0.4, 0.5) is 4.79 Å². The molecular formula is C18H27NO6.